The molecule has 102 valence electrons. The van der Waals surface area contributed by atoms with Crippen LogP contribution < -0.4 is 10.6 Å². The van der Waals surface area contributed by atoms with E-state index in [0.717, 1.165) is 17.5 Å². The molecule has 1 aromatic carbocycles. The SMILES string of the molecule is C[C@@H](NC(=O)Nc1ccccc1)[C@H]1C[C@H]2CC[C@H]1C2. The predicted molar refractivity (Wildman–Crippen MR) is 77.0 cm³/mol. The zero-order chi connectivity index (χ0) is 13.2. The highest BCUT2D eigenvalue weighted by molar-refractivity contribution is 5.89. The summed E-state index contributed by atoms with van der Waals surface area (Å²) in [6, 6.07) is 9.80. The van der Waals surface area contributed by atoms with Crippen molar-refractivity contribution in [2.24, 2.45) is 17.8 Å². The van der Waals surface area contributed by atoms with E-state index in [4.69, 9.17) is 0 Å². The van der Waals surface area contributed by atoms with Crippen molar-refractivity contribution in [3.8, 4) is 0 Å². The highest BCUT2D eigenvalue weighted by atomic mass is 16.2. The largest absolute Gasteiger partial charge is 0.335 e. The van der Waals surface area contributed by atoms with Crippen molar-refractivity contribution in [3.05, 3.63) is 30.3 Å². The van der Waals surface area contributed by atoms with Crippen LogP contribution in [-0.4, -0.2) is 12.1 Å². The fourth-order valence-electron chi connectivity index (χ4n) is 3.91. The van der Waals surface area contributed by atoms with Crippen LogP contribution in [0.15, 0.2) is 30.3 Å². The number of para-hydroxylation sites is 1. The summed E-state index contributed by atoms with van der Waals surface area (Å²) in [7, 11) is 0. The van der Waals surface area contributed by atoms with Gasteiger partial charge in [-0.2, -0.15) is 0 Å². The second-order valence-corrected chi connectivity index (χ2v) is 6.09. The van der Waals surface area contributed by atoms with Crippen molar-refractivity contribution in [1.82, 2.24) is 5.32 Å². The zero-order valence-corrected chi connectivity index (χ0v) is 11.4. The molecule has 2 bridgehead atoms. The Kier molecular flexibility index (Phi) is 3.45. The number of carbonyl (C=O) groups excluding carboxylic acids is 1. The monoisotopic (exact) mass is 258 g/mol. The van der Waals surface area contributed by atoms with Crippen LogP contribution in [0.1, 0.15) is 32.6 Å². The number of hydrogen-bond donors (Lipinski definition) is 2. The number of benzene rings is 1. The molecule has 2 aliphatic rings. The molecule has 4 atom stereocenters. The molecule has 0 heterocycles. The molecule has 0 radical (unpaired) electrons. The second kappa shape index (κ2) is 5.24. The van der Waals surface area contributed by atoms with Gasteiger partial charge in [-0.15, -0.1) is 0 Å². The quantitative estimate of drug-likeness (QED) is 0.854. The Labute approximate surface area is 114 Å². The molecule has 3 nitrogen and oxygen atoms in total. The van der Waals surface area contributed by atoms with Crippen molar-refractivity contribution < 1.29 is 4.79 Å². The van der Waals surface area contributed by atoms with Gasteiger partial charge in [0.05, 0.1) is 0 Å². The molecule has 0 unspecified atom stereocenters. The van der Waals surface area contributed by atoms with E-state index in [0.29, 0.717) is 5.92 Å². The van der Waals surface area contributed by atoms with Crippen LogP contribution >= 0.6 is 0 Å². The normalized spacial score (nSPS) is 30.1. The third kappa shape index (κ3) is 2.75. The highest BCUT2D eigenvalue weighted by Gasteiger charge is 2.42. The van der Waals surface area contributed by atoms with Crippen molar-refractivity contribution in [2.45, 2.75) is 38.6 Å². The van der Waals surface area contributed by atoms with E-state index in [9.17, 15) is 4.79 Å². The predicted octanol–water partition coefficient (Wildman–Crippen LogP) is 3.63. The summed E-state index contributed by atoms with van der Waals surface area (Å²) in [5.41, 5.74) is 0.847. The van der Waals surface area contributed by atoms with Gasteiger partial charge in [0, 0.05) is 11.7 Å². The van der Waals surface area contributed by atoms with Gasteiger partial charge in [-0.1, -0.05) is 24.6 Å². The summed E-state index contributed by atoms with van der Waals surface area (Å²) >= 11 is 0. The molecule has 2 fully saturated rings. The topological polar surface area (TPSA) is 41.1 Å². The Morgan fingerprint density at radius 2 is 2.00 bits per heavy atom. The molecule has 3 rings (SSSR count). The fourth-order valence-corrected chi connectivity index (χ4v) is 3.91. The van der Waals surface area contributed by atoms with E-state index < -0.39 is 0 Å². The average molecular weight is 258 g/mol. The van der Waals surface area contributed by atoms with Crippen LogP contribution in [0.5, 0.6) is 0 Å². The lowest BCUT2D eigenvalue weighted by molar-refractivity contribution is 0.230. The maximum absolute atomic E-state index is 12.0. The number of carbonyl (C=O) groups is 1. The van der Waals surface area contributed by atoms with Crippen LogP contribution in [-0.2, 0) is 0 Å². The minimum atomic E-state index is -0.0820. The second-order valence-electron chi connectivity index (χ2n) is 6.09. The van der Waals surface area contributed by atoms with Gasteiger partial charge >= 0.3 is 6.03 Å². The molecule has 0 aromatic heterocycles. The molecule has 0 saturated heterocycles. The molecular formula is C16H22N2O. The minimum absolute atomic E-state index is 0.0820. The Morgan fingerprint density at radius 1 is 1.21 bits per heavy atom. The molecule has 2 aliphatic carbocycles. The Morgan fingerprint density at radius 3 is 2.63 bits per heavy atom. The van der Waals surface area contributed by atoms with E-state index in [-0.39, 0.29) is 12.1 Å². The smallest absolute Gasteiger partial charge is 0.319 e. The summed E-state index contributed by atoms with van der Waals surface area (Å²) < 4.78 is 0. The summed E-state index contributed by atoms with van der Waals surface area (Å²) in [5, 5.41) is 6.00. The third-order valence-corrected chi connectivity index (χ3v) is 4.83. The van der Waals surface area contributed by atoms with Crippen LogP contribution in [0, 0.1) is 17.8 Å². The minimum Gasteiger partial charge on any atom is -0.335 e. The third-order valence-electron chi connectivity index (χ3n) is 4.83. The number of rotatable bonds is 3. The molecule has 2 amide bonds. The lowest BCUT2D eigenvalue weighted by Gasteiger charge is -2.28. The number of urea groups is 1. The number of anilines is 1. The van der Waals surface area contributed by atoms with E-state index in [1.807, 2.05) is 30.3 Å². The maximum atomic E-state index is 12.0. The van der Waals surface area contributed by atoms with Gasteiger partial charge in [-0.25, -0.2) is 4.79 Å². The molecule has 3 heteroatoms. The lowest BCUT2D eigenvalue weighted by atomic mass is 9.84. The highest BCUT2D eigenvalue weighted by Crippen LogP contribution is 2.49. The Balaban J connectivity index is 1.52. The Bertz CT molecular complexity index is 445. The van der Waals surface area contributed by atoms with E-state index in [2.05, 4.69) is 17.6 Å². The fraction of sp³-hybridized carbons (Fsp3) is 0.562. The van der Waals surface area contributed by atoms with Crippen LogP contribution in [0.25, 0.3) is 0 Å². The molecule has 1 aromatic rings. The van der Waals surface area contributed by atoms with Crippen LogP contribution in [0.3, 0.4) is 0 Å². The van der Waals surface area contributed by atoms with Gasteiger partial charge in [-0.05, 0) is 56.1 Å². The summed E-state index contributed by atoms with van der Waals surface area (Å²) in [4.78, 5) is 12.0. The summed E-state index contributed by atoms with van der Waals surface area (Å²) in [6.45, 7) is 2.15. The first-order valence-electron chi connectivity index (χ1n) is 7.35. The van der Waals surface area contributed by atoms with E-state index in [1.165, 1.54) is 25.7 Å². The van der Waals surface area contributed by atoms with E-state index >= 15 is 0 Å². The Hall–Kier alpha value is -1.51. The standard InChI is InChI=1S/C16H22N2O/c1-11(15-10-12-7-8-13(15)9-12)17-16(19)18-14-5-3-2-4-6-14/h2-6,11-13,15H,7-10H2,1H3,(H2,17,18,19)/t11-,12+,13+,15-/m1/s1. The van der Waals surface area contributed by atoms with Gasteiger partial charge in [-0.3, -0.25) is 0 Å². The number of amides is 2. The number of fused-ring (bicyclic) bond motifs is 2. The van der Waals surface area contributed by atoms with Gasteiger partial charge in [0.2, 0.25) is 0 Å². The van der Waals surface area contributed by atoms with E-state index in [1.54, 1.807) is 0 Å². The summed E-state index contributed by atoms with van der Waals surface area (Å²) in [6.07, 6.45) is 5.46. The zero-order valence-electron chi connectivity index (χ0n) is 11.4. The molecule has 0 aliphatic heterocycles. The first-order valence-corrected chi connectivity index (χ1v) is 7.35. The molecule has 2 N–H and O–H groups in total. The number of nitrogens with one attached hydrogen (secondary N) is 2. The van der Waals surface area contributed by atoms with Gasteiger partial charge in [0.1, 0.15) is 0 Å². The average Bonchev–Trinajstić information content (AvgIpc) is 3.02. The maximum Gasteiger partial charge on any atom is 0.319 e. The molecular weight excluding hydrogens is 236 g/mol. The van der Waals surface area contributed by atoms with Gasteiger partial charge < -0.3 is 10.6 Å². The van der Waals surface area contributed by atoms with Gasteiger partial charge in [0.25, 0.3) is 0 Å². The molecule has 19 heavy (non-hydrogen) atoms. The van der Waals surface area contributed by atoms with Crippen molar-refractivity contribution in [2.75, 3.05) is 5.32 Å². The lowest BCUT2D eigenvalue weighted by Crippen LogP contribution is -2.42. The molecule has 2 saturated carbocycles. The van der Waals surface area contributed by atoms with Crippen molar-refractivity contribution >= 4 is 11.7 Å². The van der Waals surface area contributed by atoms with Crippen molar-refractivity contribution in [1.29, 1.82) is 0 Å². The first-order chi connectivity index (χ1) is 9.22. The van der Waals surface area contributed by atoms with Crippen LogP contribution in [0.2, 0.25) is 0 Å². The van der Waals surface area contributed by atoms with Crippen molar-refractivity contribution in [3.63, 3.8) is 0 Å². The van der Waals surface area contributed by atoms with Crippen LogP contribution in [0.4, 0.5) is 10.5 Å². The van der Waals surface area contributed by atoms with Gasteiger partial charge in [0.15, 0.2) is 0 Å². The number of hydrogen-bond acceptors (Lipinski definition) is 1. The summed E-state index contributed by atoms with van der Waals surface area (Å²) in [5.74, 6) is 2.45. The molecule has 0 spiro atoms. The first kappa shape index (κ1) is 12.5.